The maximum atomic E-state index is 11.1. The number of aryl methyl sites for hydroxylation is 1. The van der Waals surface area contributed by atoms with Gasteiger partial charge in [-0.15, -0.1) is 0 Å². The molecule has 76 valence electrons. The minimum Gasteiger partial charge on any atom is -0.300 e. The van der Waals surface area contributed by atoms with E-state index in [0.29, 0.717) is 6.42 Å². The van der Waals surface area contributed by atoms with E-state index in [0.717, 1.165) is 5.56 Å². The molecule has 0 heterocycles. The van der Waals surface area contributed by atoms with Crippen LogP contribution in [0.15, 0.2) is 36.4 Å². The fraction of sp³-hybridized carbons (Fsp3) is 0.214. The van der Waals surface area contributed by atoms with Crippen molar-refractivity contribution in [2.24, 2.45) is 0 Å². The first-order valence-corrected chi connectivity index (χ1v) is 5.15. The van der Waals surface area contributed by atoms with Crippen molar-refractivity contribution >= 4 is 16.6 Å². The fourth-order valence-electron chi connectivity index (χ4n) is 1.93. The Bertz CT molecular complexity index is 512. The van der Waals surface area contributed by atoms with Gasteiger partial charge in [0.15, 0.2) is 0 Å². The van der Waals surface area contributed by atoms with Gasteiger partial charge in [0, 0.05) is 6.42 Å². The van der Waals surface area contributed by atoms with Crippen LogP contribution in [0.3, 0.4) is 0 Å². The average Bonchev–Trinajstić information content (AvgIpc) is 2.22. The highest BCUT2D eigenvalue weighted by Crippen LogP contribution is 2.22. The highest BCUT2D eigenvalue weighted by atomic mass is 16.1. The Balaban J connectivity index is 2.66. The fourth-order valence-corrected chi connectivity index (χ4v) is 1.93. The Kier molecular flexibility index (Phi) is 2.55. The van der Waals surface area contributed by atoms with Crippen LogP contribution in [0.5, 0.6) is 0 Å². The average molecular weight is 198 g/mol. The van der Waals surface area contributed by atoms with Gasteiger partial charge < -0.3 is 0 Å². The number of carbonyl (C=O) groups is 1. The summed E-state index contributed by atoms with van der Waals surface area (Å²) in [6, 6.07) is 12.4. The van der Waals surface area contributed by atoms with E-state index in [9.17, 15) is 4.79 Å². The van der Waals surface area contributed by atoms with Crippen LogP contribution in [0, 0.1) is 6.92 Å². The van der Waals surface area contributed by atoms with Gasteiger partial charge in [0.2, 0.25) is 0 Å². The Labute approximate surface area is 89.7 Å². The second-order valence-corrected chi connectivity index (χ2v) is 3.97. The van der Waals surface area contributed by atoms with Crippen LogP contribution in [-0.4, -0.2) is 5.78 Å². The third-order valence-corrected chi connectivity index (χ3v) is 2.67. The lowest BCUT2D eigenvalue weighted by atomic mass is 9.97. The maximum absolute atomic E-state index is 11.1. The lowest BCUT2D eigenvalue weighted by Crippen LogP contribution is -1.97. The van der Waals surface area contributed by atoms with E-state index in [4.69, 9.17) is 0 Å². The summed E-state index contributed by atoms with van der Waals surface area (Å²) in [5.74, 6) is 0.212. The monoisotopic (exact) mass is 198 g/mol. The SMILES string of the molecule is CC(=O)Cc1ccc(C)c2ccccc12. The molecule has 0 aromatic heterocycles. The third kappa shape index (κ3) is 1.91. The molecule has 0 atom stereocenters. The first-order chi connectivity index (χ1) is 7.18. The summed E-state index contributed by atoms with van der Waals surface area (Å²) >= 11 is 0. The summed E-state index contributed by atoms with van der Waals surface area (Å²) < 4.78 is 0. The predicted molar refractivity (Wildman–Crippen MR) is 63.1 cm³/mol. The summed E-state index contributed by atoms with van der Waals surface area (Å²) in [5.41, 5.74) is 2.39. The van der Waals surface area contributed by atoms with Gasteiger partial charge >= 0.3 is 0 Å². The summed E-state index contributed by atoms with van der Waals surface area (Å²) in [6.07, 6.45) is 0.529. The molecule has 2 aromatic rings. The number of carbonyl (C=O) groups excluding carboxylic acids is 1. The zero-order valence-electron chi connectivity index (χ0n) is 9.08. The number of fused-ring (bicyclic) bond motifs is 1. The van der Waals surface area contributed by atoms with Crippen LogP contribution in [0.25, 0.3) is 10.8 Å². The van der Waals surface area contributed by atoms with E-state index >= 15 is 0 Å². The zero-order chi connectivity index (χ0) is 10.8. The molecule has 0 aliphatic heterocycles. The zero-order valence-corrected chi connectivity index (χ0v) is 9.08. The van der Waals surface area contributed by atoms with Crippen molar-refractivity contribution in [1.29, 1.82) is 0 Å². The Morgan fingerprint density at radius 3 is 2.40 bits per heavy atom. The van der Waals surface area contributed by atoms with Gasteiger partial charge in [0.05, 0.1) is 0 Å². The summed E-state index contributed by atoms with van der Waals surface area (Å²) in [4.78, 5) is 11.1. The molecule has 0 N–H and O–H groups in total. The van der Waals surface area contributed by atoms with Gasteiger partial charge in [-0.1, -0.05) is 36.4 Å². The van der Waals surface area contributed by atoms with E-state index in [1.165, 1.54) is 16.3 Å². The van der Waals surface area contributed by atoms with Crippen molar-refractivity contribution in [2.75, 3.05) is 0 Å². The predicted octanol–water partition coefficient (Wildman–Crippen LogP) is 3.28. The lowest BCUT2D eigenvalue weighted by Gasteiger charge is -2.07. The summed E-state index contributed by atoms with van der Waals surface area (Å²) in [5, 5.41) is 2.45. The third-order valence-electron chi connectivity index (χ3n) is 2.67. The highest BCUT2D eigenvalue weighted by molar-refractivity contribution is 5.92. The minimum absolute atomic E-state index is 0.212. The van der Waals surface area contributed by atoms with Crippen LogP contribution >= 0.6 is 0 Å². The van der Waals surface area contributed by atoms with Crippen molar-refractivity contribution < 1.29 is 4.79 Å². The topological polar surface area (TPSA) is 17.1 Å². The van der Waals surface area contributed by atoms with Crippen LogP contribution in [0.2, 0.25) is 0 Å². The number of hydrogen-bond acceptors (Lipinski definition) is 1. The Hall–Kier alpha value is -1.63. The normalized spacial score (nSPS) is 10.5. The lowest BCUT2D eigenvalue weighted by molar-refractivity contribution is -0.116. The van der Waals surface area contributed by atoms with Crippen molar-refractivity contribution in [1.82, 2.24) is 0 Å². The summed E-state index contributed by atoms with van der Waals surface area (Å²) in [6.45, 7) is 3.73. The number of rotatable bonds is 2. The first kappa shape index (κ1) is 9.91. The second-order valence-electron chi connectivity index (χ2n) is 3.97. The van der Waals surface area contributed by atoms with Crippen LogP contribution < -0.4 is 0 Å². The molecule has 0 saturated heterocycles. The van der Waals surface area contributed by atoms with Crippen LogP contribution in [0.4, 0.5) is 0 Å². The van der Waals surface area contributed by atoms with Gasteiger partial charge in [-0.3, -0.25) is 4.79 Å². The number of ketones is 1. The molecule has 1 heteroatoms. The first-order valence-electron chi connectivity index (χ1n) is 5.15. The molecule has 2 rings (SSSR count). The molecular weight excluding hydrogens is 184 g/mol. The maximum Gasteiger partial charge on any atom is 0.134 e. The largest absolute Gasteiger partial charge is 0.300 e. The number of benzene rings is 2. The van der Waals surface area contributed by atoms with Crippen LogP contribution in [0.1, 0.15) is 18.1 Å². The highest BCUT2D eigenvalue weighted by Gasteiger charge is 2.04. The van der Waals surface area contributed by atoms with Crippen molar-refractivity contribution in [3.05, 3.63) is 47.5 Å². The van der Waals surface area contributed by atoms with Gasteiger partial charge in [-0.25, -0.2) is 0 Å². The molecule has 1 nitrogen and oxygen atoms in total. The molecule has 0 saturated carbocycles. The second kappa shape index (κ2) is 3.85. The molecule has 0 spiro atoms. The molecule has 0 bridgehead atoms. The standard InChI is InChI=1S/C14H14O/c1-10-7-8-12(9-11(2)15)14-6-4-3-5-13(10)14/h3-8H,9H2,1-2H3. The number of hydrogen-bond donors (Lipinski definition) is 0. The van der Waals surface area contributed by atoms with Gasteiger partial charge in [0.1, 0.15) is 5.78 Å². The molecule has 0 fully saturated rings. The quantitative estimate of drug-likeness (QED) is 0.723. The van der Waals surface area contributed by atoms with Crippen LogP contribution in [-0.2, 0) is 11.2 Å². The molecule has 0 unspecified atom stereocenters. The Morgan fingerprint density at radius 1 is 1.07 bits per heavy atom. The molecule has 0 amide bonds. The molecule has 0 aliphatic carbocycles. The molecule has 2 aromatic carbocycles. The summed E-state index contributed by atoms with van der Waals surface area (Å²) in [7, 11) is 0. The van der Waals surface area contributed by atoms with Gasteiger partial charge in [-0.05, 0) is 35.7 Å². The molecule has 15 heavy (non-hydrogen) atoms. The van der Waals surface area contributed by atoms with Crippen molar-refractivity contribution in [2.45, 2.75) is 20.3 Å². The molecule has 0 aliphatic rings. The Morgan fingerprint density at radius 2 is 1.73 bits per heavy atom. The smallest absolute Gasteiger partial charge is 0.134 e. The molecule has 0 radical (unpaired) electrons. The van der Waals surface area contributed by atoms with Gasteiger partial charge in [0.25, 0.3) is 0 Å². The minimum atomic E-state index is 0.212. The van der Waals surface area contributed by atoms with Crippen molar-refractivity contribution in [3.63, 3.8) is 0 Å². The van der Waals surface area contributed by atoms with Crippen molar-refractivity contribution in [3.8, 4) is 0 Å². The molecular formula is C14H14O. The van der Waals surface area contributed by atoms with E-state index in [1.807, 2.05) is 12.1 Å². The van der Waals surface area contributed by atoms with E-state index in [1.54, 1.807) is 6.92 Å². The van der Waals surface area contributed by atoms with E-state index < -0.39 is 0 Å². The number of Topliss-reactive ketones (excluding diaryl/α,β-unsaturated/α-hetero) is 1. The van der Waals surface area contributed by atoms with Gasteiger partial charge in [-0.2, -0.15) is 0 Å². The van der Waals surface area contributed by atoms with E-state index in [-0.39, 0.29) is 5.78 Å². The van der Waals surface area contributed by atoms with E-state index in [2.05, 4.69) is 31.2 Å².